The Labute approximate surface area is 149 Å². The molecule has 0 spiro atoms. The van der Waals surface area contributed by atoms with Crippen LogP contribution in [0.1, 0.15) is 59.3 Å². The van der Waals surface area contributed by atoms with Crippen LogP contribution in [0.3, 0.4) is 0 Å². The van der Waals surface area contributed by atoms with Crippen molar-refractivity contribution in [3.8, 4) is 0 Å². The van der Waals surface area contributed by atoms with E-state index >= 15 is 0 Å². The van der Waals surface area contributed by atoms with Crippen LogP contribution >= 0.6 is 0 Å². The molecule has 1 aliphatic heterocycles. The topological polar surface area (TPSA) is 98.7 Å². The highest BCUT2D eigenvalue weighted by atomic mass is 16.3. The van der Waals surface area contributed by atoms with Crippen LogP contribution in [0.2, 0.25) is 0 Å². The van der Waals surface area contributed by atoms with Crippen molar-refractivity contribution in [2.24, 2.45) is 5.41 Å². The van der Waals surface area contributed by atoms with Gasteiger partial charge in [0, 0.05) is 19.0 Å². The third kappa shape index (κ3) is 3.81. The molecular formula is C18H31N3O4. The van der Waals surface area contributed by atoms with Crippen LogP contribution in [0.5, 0.6) is 0 Å². The van der Waals surface area contributed by atoms with E-state index in [-0.39, 0.29) is 17.7 Å². The number of hydrogen-bond donors (Lipinski definition) is 3. The van der Waals surface area contributed by atoms with Crippen molar-refractivity contribution in [1.82, 2.24) is 15.5 Å². The van der Waals surface area contributed by atoms with E-state index in [2.05, 4.69) is 10.6 Å². The smallest absolute Gasteiger partial charge is 0.251 e. The van der Waals surface area contributed by atoms with Crippen molar-refractivity contribution >= 4 is 17.7 Å². The van der Waals surface area contributed by atoms with Crippen molar-refractivity contribution in [3.05, 3.63) is 0 Å². The molecule has 142 valence electrons. The zero-order valence-electron chi connectivity index (χ0n) is 15.7. The van der Waals surface area contributed by atoms with Crippen LogP contribution in [-0.4, -0.2) is 59.0 Å². The second-order valence-electron chi connectivity index (χ2n) is 8.21. The van der Waals surface area contributed by atoms with Gasteiger partial charge in [-0.25, -0.2) is 0 Å². The van der Waals surface area contributed by atoms with E-state index in [4.69, 9.17) is 0 Å². The molecule has 2 fully saturated rings. The fourth-order valence-corrected chi connectivity index (χ4v) is 3.70. The highest BCUT2D eigenvalue weighted by Gasteiger charge is 2.52. The minimum absolute atomic E-state index is 0.201. The highest BCUT2D eigenvalue weighted by Crippen LogP contribution is 2.34. The SMILES string of the molecule is CNC(=O)[C@@H]1CCCN1C(=O)[C@@]1(NC(=O)C(C)(C)C)CCCC[C@@H]1O. The molecule has 1 saturated heterocycles. The number of amides is 3. The Balaban J connectivity index is 2.33. The third-order valence-electron chi connectivity index (χ3n) is 5.33. The number of aliphatic hydroxyl groups is 1. The molecule has 0 aromatic rings. The van der Waals surface area contributed by atoms with Gasteiger partial charge >= 0.3 is 0 Å². The Kier molecular flexibility index (Phi) is 5.76. The standard InChI is InChI=1S/C18H31N3O4/c1-17(2,3)15(24)20-18(10-6-5-9-13(18)22)16(25)21-11-7-8-12(21)14(23)19-4/h12-13,22H,5-11H2,1-4H3,(H,19,23)(H,20,24)/t12-,13-,18+/m0/s1. The van der Waals surface area contributed by atoms with Gasteiger partial charge in [0.15, 0.2) is 0 Å². The summed E-state index contributed by atoms with van der Waals surface area (Å²) in [7, 11) is 1.55. The van der Waals surface area contributed by atoms with Crippen molar-refractivity contribution < 1.29 is 19.5 Å². The van der Waals surface area contributed by atoms with Crippen molar-refractivity contribution in [2.45, 2.75) is 77.0 Å². The lowest BCUT2D eigenvalue weighted by molar-refractivity contribution is -0.154. The number of nitrogens with one attached hydrogen (secondary N) is 2. The fraction of sp³-hybridized carbons (Fsp3) is 0.833. The zero-order valence-corrected chi connectivity index (χ0v) is 15.7. The number of hydrogen-bond acceptors (Lipinski definition) is 4. The lowest BCUT2D eigenvalue weighted by atomic mass is 9.76. The second kappa shape index (κ2) is 7.32. The zero-order chi connectivity index (χ0) is 18.8. The second-order valence-corrected chi connectivity index (χ2v) is 8.21. The van der Waals surface area contributed by atoms with Crippen LogP contribution in [0.25, 0.3) is 0 Å². The number of aliphatic hydroxyl groups excluding tert-OH is 1. The molecule has 3 N–H and O–H groups in total. The Hall–Kier alpha value is -1.63. The predicted molar refractivity (Wildman–Crippen MR) is 93.6 cm³/mol. The molecule has 0 bridgehead atoms. The summed E-state index contributed by atoms with van der Waals surface area (Å²) in [5.74, 6) is -0.797. The molecule has 7 heteroatoms. The summed E-state index contributed by atoms with van der Waals surface area (Å²) >= 11 is 0. The first-order chi connectivity index (χ1) is 11.6. The summed E-state index contributed by atoms with van der Waals surface area (Å²) in [6, 6.07) is -0.532. The minimum Gasteiger partial charge on any atom is -0.390 e. The van der Waals surface area contributed by atoms with Gasteiger partial charge in [-0.1, -0.05) is 33.6 Å². The molecule has 3 amide bonds. The Bertz CT molecular complexity index is 543. The van der Waals surface area contributed by atoms with Crippen molar-refractivity contribution in [1.29, 1.82) is 0 Å². The van der Waals surface area contributed by atoms with Gasteiger partial charge in [-0.2, -0.15) is 0 Å². The normalized spacial score (nSPS) is 30.0. The van der Waals surface area contributed by atoms with Gasteiger partial charge in [0.1, 0.15) is 11.6 Å². The van der Waals surface area contributed by atoms with Crippen LogP contribution < -0.4 is 10.6 Å². The van der Waals surface area contributed by atoms with E-state index in [0.717, 1.165) is 19.3 Å². The maximum absolute atomic E-state index is 13.4. The average molecular weight is 353 g/mol. The molecule has 25 heavy (non-hydrogen) atoms. The van der Waals surface area contributed by atoms with Crippen LogP contribution in [-0.2, 0) is 14.4 Å². The summed E-state index contributed by atoms with van der Waals surface area (Å²) < 4.78 is 0. The molecule has 1 heterocycles. The van der Waals surface area contributed by atoms with E-state index in [9.17, 15) is 19.5 Å². The van der Waals surface area contributed by atoms with E-state index in [1.54, 1.807) is 27.8 Å². The number of nitrogens with zero attached hydrogens (tertiary/aromatic N) is 1. The van der Waals surface area contributed by atoms with Crippen molar-refractivity contribution in [2.75, 3.05) is 13.6 Å². The van der Waals surface area contributed by atoms with Gasteiger partial charge in [-0.3, -0.25) is 14.4 Å². The molecular weight excluding hydrogens is 322 g/mol. The Morgan fingerprint density at radius 3 is 2.36 bits per heavy atom. The van der Waals surface area contributed by atoms with Crippen LogP contribution in [0.15, 0.2) is 0 Å². The van der Waals surface area contributed by atoms with Crippen LogP contribution in [0.4, 0.5) is 0 Å². The summed E-state index contributed by atoms with van der Waals surface area (Å²) in [6.45, 7) is 5.80. The highest BCUT2D eigenvalue weighted by molar-refractivity contribution is 5.96. The average Bonchev–Trinajstić information content (AvgIpc) is 3.04. The molecule has 1 aliphatic carbocycles. The summed E-state index contributed by atoms with van der Waals surface area (Å²) in [6.07, 6.45) is 2.84. The van der Waals surface area contributed by atoms with Gasteiger partial charge in [-0.15, -0.1) is 0 Å². The van der Waals surface area contributed by atoms with E-state index in [1.165, 1.54) is 4.90 Å². The molecule has 0 aromatic heterocycles. The Morgan fingerprint density at radius 1 is 1.12 bits per heavy atom. The Morgan fingerprint density at radius 2 is 1.80 bits per heavy atom. The van der Waals surface area contributed by atoms with E-state index < -0.39 is 23.1 Å². The van der Waals surface area contributed by atoms with Gasteiger partial charge in [-0.05, 0) is 25.7 Å². The molecule has 7 nitrogen and oxygen atoms in total. The number of carbonyl (C=O) groups is 3. The molecule has 2 rings (SSSR count). The predicted octanol–water partition coefficient (Wildman–Crippen LogP) is 0.559. The summed E-state index contributed by atoms with van der Waals surface area (Å²) in [5.41, 5.74) is -2.01. The number of likely N-dealkylation sites (N-methyl/N-ethyl adjacent to an activating group) is 1. The molecule has 0 aromatic carbocycles. The first-order valence-corrected chi connectivity index (χ1v) is 9.17. The number of carbonyl (C=O) groups excluding carboxylic acids is 3. The largest absolute Gasteiger partial charge is 0.390 e. The van der Waals surface area contributed by atoms with Gasteiger partial charge in [0.25, 0.3) is 5.91 Å². The fourth-order valence-electron chi connectivity index (χ4n) is 3.70. The van der Waals surface area contributed by atoms with Crippen LogP contribution in [0, 0.1) is 5.41 Å². The van der Waals surface area contributed by atoms with Crippen molar-refractivity contribution in [3.63, 3.8) is 0 Å². The van der Waals surface area contributed by atoms with Gasteiger partial charge in [0.05, 0.1) is 6.10 Å². The number of rotatable bonds is 3. The first-order valence-electron chi connectivity index (χ1n) is 9.17. The van der Waals surface area contributed by atoms with Gasteiger partial charge in [0.2, 0.25) is 11.8 Å². The summed E-state index contributed by atoms with van der Waals surface area (Å²) in [4.78, 5) is 39.7. The molecule has 1 saturated carbocycles. The minimum atomic E-state index is -1.33. The van der Waals surface area contributed by atoms with E-state index in [0.29, 0.717) is 25.8 Å². The summed E-state index contributed by atoms with van der Waals surface area (Å²) in [5, 5.41) is 16.1. The third-order valence-corrected chi connectivity index (χ3v) is 5.33. The lowest BCUT2D eigenvalue weighted by Crippen LogP contribution is -2.69. The molecule has 0 radical (unpaired) electrons. The number of likely N-dealkylation sites (tertiary alicyclic amines) is 1. The molecule has 3 atom stereocenters. The first kappa shape index (κ1) is 19.7. The maximum Gasteiger partial charge on any atom is 0.251 e. The van der Waals surface area contributed by atoms with Gasteiger partial charge < -0.3 is 20.6 Å². The quantitative estimate of drug-likeness (QED) is 0.690. The monoisotopic (exact) mass is 353 g/mol. The molecule has 0 unspecified atom stereocenters. The van der Waals surface area contributed by atoms with E-state index in [1.807, 2.05) is 0 Å². The molecule has 2 aliphatic rings. The lowest BCUT2D eigenvalue weighted by Gasteiger charge is -2.44. The maximum atomic E-state index is 13.4.